The first-order chi connectivity index (χ1) is 9.88. The molecule has 0 N–H and O–H groups in total. The fourth-order valence-electron chi connectivity index (χ4n) is 2.62. The second-order valence-corrected chi connectivity index (χ2v) is 5.39. The second-order valence-electron chi connectivity index (χ2n) is 4.99. The maximum Gasteiger partial charge on any atom is 0.416 e. The van der Waals surface area contributed by atoms with Gasteiger partial charge in [-0.15, -0.1) is 0 Å². The van der Waals surface area contributed by atoms with Crippen molar-refractivity contribution in [1.29, 1.82) is 0 Å². The predicted octanol–water partition coefficient (Wildman–Crippen LogP) is 4.67. The molecule has 6 heteroatoms. The molecule has 0 amide bonds. The van der Waals surface area contributed by atoms with E-state index in [1.54, 1.807) is 16.8 Å². The molecule has 0 fully saturated rings. The molecule has 0 bridgehead atoms. The molecule has 0 spiro atoms. The fourth-order valence-corrected chi connectivity index (χ4v) is 2.83. The smallest absolute Gasteiger partial charge is 0.319 e. The summed E-state index contributed by atoms with van der Waals surface area (Å²) in [6.07, 6.45) is -0.988. The van der Waals surface area contributed by atoms with Crippen molar-refractivity contribution in [1.82, 2.24) is 4.57 Å². The Labute approximate surface area is 124 Å². The van der Waals surface area contributed by atoms with E-state index in [1.165, 1.54) is 6.07 Å². The van der Waals surface area contributed by atoms with E-state index in [2.05, 4.69) is 0 Å². The predicted molar refractivity (Wildman–Crippen MR) is 73.0 cm³/mol. The molecule has 3 rings (SSSR count). The molecule has 0 saturated carbocycles. The molecule has 2 nitrogen and oxygen atoms in total. The molecule has 1 aromatic heterocycles. The van der Waals surface area contributed by atoms with E-state index in [9.17, 15) is 18.0 Å². The highest BCUT2D eigenvalue weighted by Crippen LogP contribution is 2.35. The highest BCUT2D eigenvalue weighted by Gasteiger charge is 2.31. The van der Waals surface area contributed by atoms with Crippen molar-refractivity contribution >= 4 is 17.4 Å². The van der Waals surface area contributed by atoms with Crippen LogP contribution < -0.4 is 0 Å². The van der Waals surface area contributed by atoms with Crippen molar-refractivity contribution in [2.75, 3.05) is 0 Å². The summed E-state index contributed by atoms with van der Waals surface area (Å²) in [5, 5.41) is 0.222. The lowest BCUT2D eigenvalue weighted by Crippen LogP contribution is -2.13. The van der Waals surface area contributed by atoms with Gasteiger partial charge in [-0.3, -0.25) is 4.79 Å². The minimum absolute atomic E-state index is 0.0260. The van der Waals surface area contributed by atoms with E-state index in [-0.39, 0.29) is 16.5 Å². The van der Waals surface area contributed by atoms with Gasteiger partial charge in [0.1, 0.15) is 0 Å². The lowest BCUT2D eigenvalue weighted by Gasteiger charge is -2.17. The van der Waals surface area contributed by atoms with Gasteiger partial charge in [-0.1, -0.05) is 11.6 Å². The summed E-state index contributed by atoms with van der Waals surface area (Å²) in [6, 6.07) is 4.85. The van der Waals surface area contributed by atoms with Crippen LogP contribution in [0.3, 0.4) is 0 Å². The minimum Gasteiger partial charge on any atom is -0.319 e. The molecule has 1 heterocycles. The van der Waals surface area contributed by atoms with Crippen molar-refractivity contribution in [3.8, 4) is 5.69 Å². The van der Waals surface area contributed by atoms with Gasteiger partial charge in [-0.05, 0) is 37.1 Å². The van der Waals surface area contributed by atoms with Crippen molar-refractivity contribution < 1.29 is 18.0 Å². The fraction of sp³-hybridized carbons (Fsp3) is 0.267. The Morgan fingerprint density at radius 3 is 2.62 bits per heavy atom. The monoisotopic (exact) mass is 313 g/mol. The third-order valence-electron chi connectivity index (χ3n) is 3.64. The molecule has 0 atom stereocenters. The Morgan fingerprint density at radius 2 is 1.90 bits per heavy atom. The van der Waals surface area contributed by atoms with Crippen LogP contribution in [0, 0.1) is 0 Å². The van der Waals surface area contributed by atoms with Gasteiger partial charge in [-0.25, -0.2) is 0 Å². The number of halogens is 4. The third kappa shape index (κ3) is 2.46. The molecule has 0 saturated heterocycles. The van der Waals surface area contributed by atoms with Crippen LogP contribution in [0.15, 0.2) is 30.5 Å². The number of hydrogen-bond acceptors (Lipinski definition) is 1. The first kappa shape index (κ1) is 14.2. The Balaban J connectivity index is 2.15. The molecule has 1 aliphatic rings. The number of hydrogen-bond donors (Lipinski definition) is 0. The van der Waals surface area contributed by atoms with Gasteiger partial charge in [0, 0.05) is 23.9 Å². The zero-order valence-corrected chi connectivity index (χ0v) is 11.6. The van der Waals surface area contributed by atoms with Gasteiger partial charge in [-0.2, -0.15) is 13.2 Å². The summed E-state index contributed by atoms with van der Waals surface area (Å²) >= 11 is 6.04. The average Bonchev–Trinajstić information content (AvgIpc) is 2.83. The zero-order valence-electron chi connectivity index (χ0n) is 10.9. The first-order valence-corrected chi connectivity index (χ1v) is 6.86. The van der Waals surface area contributed by atoms with Gasteiger partial charge in [0.25, 0.3) is 0 Å². The van der Waals surface area contributed by atoms with Crippen LogP contribution in [0.2, 0.25) is 5.02 Å². The van der Waals surface area contributed by atoms with Crippen LogP contribution in [0.1, 0.15) is 34.5 Å². The first-order valence-electron chi connectivity index (χ1n) is 6.48. The number of ketones is 1. The molecule has 2 aromatic rings. The van der Waals surface area contributed by atoms with E-state index in [4.69, 9.17) is 11.6 Å². The van der Waals surface area contributed by atoms with Crippen molar-refractivity contribution in [3.05, 3.63) is 52.3 Å². The summed E-state index contributed by atoms with van der Waals surface area (Å²) in [4.78, 5) is 11.8. The lowest BCUT2D eigenvalue weighted by molar-refractivity contribution is -0.137. The molecule has 1 aliphatic carbocycles. The molecular formula is C15H11ClF3NO. The second kappa shape index (κ2) is 4.91. The number of Topliss-reactive ketones (excluding diaryl/α,β-unsaturated/α-hetero) is 1. The summed E-state index contributed by atoms with van der Waals surface area (Å²) in [5.74, 6) is 0.0260. The molecule has 21 heavy (non-hydrogen) atoms. The quantitative estimate of drug-likeness (QED) is 0.750. The van der Waals surface area contributed by atoms with E-state index >= 15 is 0 Å². The van der Waals surface area contributed by atoms with Crippen molar-refractivity contribution in [3.63, 3.8) is 0 Å². The van der Waals surface area contributed by atoms with Crippen LogP contribution in [-0.2, 0) is 12.6 Å². The topological polar surface area (TPSA) is 22.0 Å². The number of aromatic nitrogens is 1. The summed E-state index contributed by atoms with van der Waals surface area (Å²) < 4.78 is 40.1. The van der Waals surface area contributed by atoms with Crippen LogP contribution in [0.5, 0.6) is 0 Å². The van der Waals surface area contributed by atoms with Gasteiger partial charge in [0.2, 0.25) is 0 Å². The van der Waals surface area contributed by atoms with E-state index < -0.39 is 11.7 Å². The van der Waals surface area contributed by atoms with Crippen molar-refractivity contribution in [2.45, 2.75) is 25.4 Å². The van der Waals surface area contributed by atoms with Gasteiger partial charge < -0.3 is 4.57 Å². The number of alkyl halides is 3. The normalized spacial score (nSPS) is 15.1. The number of fused-ring (bicyclic) bond motifs is 1. The summed E-state index contributed by atoms with van der Waals surface area (Å²) in [7, 11) is 0. The standard InChI is InChI=1S/C15H11ClF3NO/c16-11-5-4-9(15(17,18)19)8-13(11)20-7-6-10-12(20)2-1-3-14(10)21/h4-8H,1-3H2. The Morgan fingerprint density at radius 1 is 1.14 bits per heavy atom. The molecule has 110 valence electrons. The molecule has 0 radical (unpaired) electrons. The maximum atomic E-state index is 12.8. The van der Waals surface area contributed by atoms with Crippen molar-refractivity contribution in [2.24, 2.45) is 0 Å². The third-order valence-corrected chi connectivity index (χ3v) is 3.96. The van der Waals surface area contributed by atoms with E-state index in [0.717, 1.165) is 17.8 Å². The minimum atomic E-state index is -4.43. The molecule has 1 aromatic carbocycles. The van der Waals surface area contributed by atoms with Gasteiger partial charge >= 0.3 is 6.18 Å². The zero-order chi connectivity index (χ0) is 15.2. The highest BCUT2D eigenvalue weighted by molar-refractivity contribution is 6.32. The molecule has 0 aliphatic heterocycles. The highest BCUT2D eigenvalue weighted by atomic mass is 35.5. The Bertz CT molecular complexity index is 718. The number of carbonyl (C=O) groups is 1. The number of carbonyl (C=O) groups excluding carboxylic acids is 1. The van der Waals surface area contributed by atoms with Crippen LogP contribution >= 0.6 is 11.6 Å². The van der Waals surface area contributed by atoms with E-state index in [1.807, 2.05) is 0 Å². The molecule has 0 unspecified atom stereocenters. The van der Waals surface area contributed by atoms with Crippen LogP contribution in [-0.4, -0.2) is 10.4 Å². The largest absolute Gasteiger partial charge is 0.416 e. The van der Waals surface area contributed by atoms with Gasteiger partial charge in [0.05, 0.1) is 16.3 Å². The molecular weight excluding hydrogens is 303 g/mol. The van der Waals surface area contributed by atoms with E-state index in [0.29, 0.717) is 24.8 Å². The summed E-state index contributed by atoms with van der Waals surface area (Å²) in [6.45, 7) is 0. The number of rotatable bonds is 1. The van der Waals surface area contributed by atoms with Crippen LogP contribution in [0.25, 0.3) is 5.69 Å². The average molecular weight is 314 g/mol. The SMILES string of the molecule is O=C1CCCc2c1ccn2-c1cc(C(F)(F)F)ccc1Cl. The lowest BCUT2D eigenvalue weighted by atomic mass is 9.96. The number of benzene rings is 1. The maximum absolute atomic E-state index is 12.8. The van der Waals surface area contributed by atoms with Crippen LogP contribution in [0.4, 0.5) is 13.2 Å². The summed E-state index contributed by atoms with van der Waals surface area (Å²) in [5.41, 5.74) is 0.802. The Kier molecular flexibility index (Phi) is 3.32. The van der Waals surface area contributed by atoms with Gasteiger partial charge in [0.15, 0.2) is 5.78 Å². The Hall–Kier alpha value is -1.75. The number of nitrogens with zero attached hydrogens (tertiary/aromatic N) is 1.